The molecule has 130 valence electrons. The zero-order valence-corrected chi connectivity index (χ0v) is 14.2. The molecular formula is C18H20N4O3. The number of amides is 1. The van der Waals surface area contributed by atoms with E-state index in [0.717, 1.165) is 11.1 Å². The molecule has 0 saturated heterocycles. The van der Waals surface area contributed by atoms with Crippen LogP contribution in [0, 0.1) is 0 Å². The molecule has 1 amide bonds. The van der Waals surface area contributed by atoms with Crippen LogP contribution in [0.15, 0.2) is 58.1 Å². The molecule has 1 aromatic carbocycles. The Kier molecular flexibility index (Phi) is 4.95. The standard InChI is InChI=1S/C18H20N4O3/c1-21(2)15(16-8-5-9-25-16)11-19-17(23)12-22-18(24)14-7-4-3-6-13(14)10-20-22/h3-10,15H,11-12H2,1-2H3,(H,19,23)/t15-/m1/s1. The number of likely N-dealkylation sites (N-methyl/N-ethyl adjacent to an activating group) is 1. The average Bonchev–Trinajstić information content (AvgIpc) is 3.12. The molecule has 0 saturated carbocycles. The highest BCUT2D eigenvalue weighted by Crippen LogP contribution is 2.17. The largest absolute Gasteiger partial charge is 0.468 e. The van der Waals surface area contributed by atoms with Gasteiger partial charge in [0.15, 0.2) is 0 Å². The topological polar surface area (TPSA) is 80.4 Å². The fraction of sp³-hybridized carbons (Fsp3) is 0.278. The van der Waals surface area contributed by atoms with E-state index in [1.807, 2.05) is 43.3 Å². The number of aromatic nitrogens is 2. The van der Waals surface area contributed by atoms with Gasteiger partial charge in [-0.25, -0.2) is 4.68 Å². The number of benzene rings is 1. The van der Waals surface area contributed by atoms with Crippen LogP contribution in [0.5, 0.6) is 0 Å². The third-order valence-electron chi connectivity index (χ3n) is 4.04. The first-order valence-electron chi connectivity index (χ1n) is 7.97. The van der Waals surface area contributed by atoms with Crippen molar-refractivity contribution in [3.05, 3.63) is 65.0 Å². The van der Waals surface area contributed by atoms with Crippen molar-refractivity contribution in [2.24, 2.45) is 0 Å². The summed E-state index contributed by atoms with van der Waals surface area (Å²) >= 11 is 0. The molecule has 7 heteroatoms. The molecule has 25 heavy (non-hydrogen) atoms. The van der Waals surface area contributed by atoms with Crippen molar-refractivity contribution < 1.29 is 9.21 Å². The minimum atomic E-state index is -0.275. The number of carbonyl (C=O) groups excluding carboxylic acids is 1. The Balaban J connectivity index is 1.68. The number of hydrogen-bond donors (Lipinski definition) is 1. The molecule has 0 radical (unpaired) electrons. The summed E-state index contributed by atoms with van der Waals surface area (Å²) < 4.78 is 6.59. The van der Waals surface area contributed by atoms with E-state index in [9.17, 15) is 9.59 Å². The van der Waals surface area contributed by atoms with Crippen LogP contribution in [-0.2, 0) is 11.3 Å². The Labute approximate surface area is 144 Å². The summed E-state index contributed by atoms with van der Waals surface area (Å²) in [7, 11) is 3.82. The van der Waals surface area contributed by atoms with E-state index < -0.39 is 0 Å². The minimum absolute atomic E-state index is 0.0831. The number of rotatable bonds is 6. The van der Waals surface area contributed by atoms with Gasteiger partial charge >= 0.3 is 0 Å². The molecule has 0 aliphatic rings. The summed E-state index contributed by atoms with van der Waals surface area (Å²) in [6, 6.07) is 10.8. The lowest BCUT2D eigenvalue weighted by molar-refractivity contribution is -0.122. The SMILES string of the molecule is CN(C)[C@H](CNC(=O)Cn1ncc2ccccc2c1=O)c1ccco1. The molecule has 1 atom stereocenters. The van der Waals surface area contributed by atoms with Gasteiger partial charge in [-0.2, -0.15) is 5.10 Å². The van der Waals surface area contributed by atoms with Crippen molar-refractivity contribution >= 4 is 16.7 Å². The summed E-state index contributed by atoms with van der Waals surface area (Å²) in [4.78, 5) is 26.6. The van der Waals surface area contributed by atoms with E-state index >= 15 is 0 Å². The number of nitrogens with one attached hydrogen (secondary N) is 1. The molecule has 2 aromatic heterocycles. The van der Waals surface area contributed by atoms with Crippen molar-refractivity contribution in [2.45, 2.75) is 12.6 Å². The van der Waals surface area contributed by atoms with Gasteiger partial charge in [0.2, 0.25) is 5.91 Å². The molecule has 0 bridgehead atoms. The quantitative estimate of drug-likeness (QED) is 0.734. The zero-order chi connectivity index (χ0) is 17.8. The summed E-state index contributed by atoms with van der Waals surface area (Å²) in [5.41, 5.74) is -0.275. The summed E-state index contributed by atoms with van der Waals surface area (Å²) in [6.45, 7) is 0.254. The van der Waals surface area contributed by atoms with Crippen molar-refractivity contribution in [1.82, 2.24) is 20.0 Å². The van der Waals surface area contributed by atoms with E-state index in [-0.39, 0.29) is 24.1 Å². The summed E-state index contributed by atoms with van der Waals surface area (Å²) in [6.07, 6.45) is 3.20. The van der Waals surface area contributed by atoms with Crippen LogP contribution in [0.25, 0.3) is 10.8 Å². The maximum atomic E-state index is 12.4. The van der Waals surface area contributed by atoms with Gasteiger partial charge in [-0.3, -0.25) is 14.5 Å². The lowest BCUT2D eigenvalue weighted by Crippen LogP contribution is -2.38. The number of hydrogen-bond acceptors (Lipinski definition) is 5. The predicted octanol–water partition coefficient (Wildman–Crippen LogP) is 1.41. The Hall–Kier alpha value is -2.93. The second kappa shape index (κ2) is 7.31. The van der Waals surface area contributed by atoms with E-state index in [0.29, 0.717) is 11.9 Å². The van der Waals surface area contributed by atoms with E-state index in [1.54, 1.807) is 24.6 Å². The third kappa shape index (κ3) is 3.77. The number of carbonyl (C=O) groups is 1. The molecule has 0 spiro atoms. The highest BCUT2D eigenvalue weighted by atomic mass is 16.3. The van der Waals surface area contributed by atoms with Gasteiger partial charge in [0.1, 0.15) is 12.3 Å². The molecule has 0 aliphatic heterocycles. The van der Waals surface area contributed by atoms with Crippen molar-refractivity contribution in [2.75, 3.05) is 20.6 Å². The second-order valence-corrected chi connectivity index (χ2v) is 5.99. The van der Waals surface area contributed by atoms with Gasteiger partial charge < -0.3 is 9.73 Å². The van der Waals surface area contributed by atoms with Gasteiger partial charge in [-0.05, 0) is 32.3 Å². The maximum Gasteiger partial charge on any atom is 0.275 e. The Morgan fingerprint density at radius 3 is 2.80 bits per heavy atom. The lowest BCUT2D eigenvalue weighted by Gasteiger charge is -2.22. The van der Waals surface area contributed by atoms with Crippen LogP contribution in [0.2, 0.25) is 0 Å². The zero-order valence-electron chi connectivity index (χ0n) is 14.2. The first-order valence-corrected chi connectivity index (χ1v) is 7.97. The molecule has 7 nitrogen and oxygen atoms in total. The predicted molar refractivity (Wildman–Crippen MR) is 94.1 cm³/mol. The average molecular weight is 340 g/mol. The Morgan fingerprint density at radius 1 is 1.28 bits per heavy atom. The fourth-order valence-corrected chi connectivity index (χ4v) is 2.66. The monoisotopic (exact) mass is 340 g/mol. The Bertz CT molecular complexity index is 915. The van der Waals surface area contributed by atoms with Crippen LogP contribution in [0.3, 0.4) is 0 Å². The first-order chi connectivity index (χ1) is 12.1. The fourth-order valence-electron chi connectivity index (χ4n) is 2.66. The van der Waals surface area contributed by atoms with E-state index in [2.05, 4.69) is 10.4 Å². The van der Waals surface area contributed by atoms with Crippen molar-refractivity contribution in [1.29, 1.82) is 0 Å². The highest BCUT2D eigenvalue weighted by Gasteiger charge is 2.18. The molecule has 0 aliphatic carbocycles. The molecule has 3 aromatic rings. The van der Waals surface area contributed by atoms with Gasteiger partial charge in [-0.1, -0.05) is 18.2 Å². The van der Waals surface area contributed by atoms with Crippen LogP contribution in [-0.4, -0.2) is 41.2 Å². The number of furan rings is 1. The highest BCUT2D eigenvalue weighted by molar-refractivity contribution is 5.81. The minimum Gasteiger partial charge on any atom is -0.468 e. The molecule has 1 N–H and O–H groups in total. The summed E-state index contributed by atoms with van der Waals surface area (Å²) in [5.74, 6) is 0.495. The van der Waals surface area contributed by atoms with E-state index in [1.165, 1.54) is 4.68 Å². The van der Waals surface area contributed by atoms with Crippen molar-refractivity contribution in [3.8, 4) is 0 Å². The molecule has 0 unspecified atom stereocenters. The maximum absolute atomic E-state index is 12.4. The van der Waals surface area contributed by atoms with Crippen molar-refractivity contribution in [3.63, 3.8) is 0 Å². The van der Waals surface area contributed by atoms with Crippen LogP contribution in [0.4, 0.5) is 0 Å². The molecule has 0 fully saturated rings. The van der Waals surface area contributed by atoms with Gasteiger partial charge in [0.25, 0.3) is 5.56 Å². The van der Waals surface area contributed by atoms with Crippen LogP contribution in [0.1, 0.15) is 11.8 Å². The molecule has 3 rings (SSSR count). The van der Waals surface area contributed by atoms with Gasteiger partial charge in [-0.15, -0.1) is 0 Å². The molecular weight excluding hydrogens is 320 g/mol. The lowest BCUT2D eigenvalue weighted by atomic mass is 10.2. The smallest absolute Gasteiger partial charge is 0.275 e. The number of fused-ring (bicyclic) bond motifs is 1. The Morgan fingerprint density at radius 2 is 2.08 bits per heavy atom. The van der Waals surface area contributed by atoms with Gasteiger partial charge in [0, 0.05) is 11.9 Å². The van der Waals surface area contributed by atoms with E-state index in [4.69, 9.17) is 4.42 Å². The van der Waals surface area contributed by atoms with Crippen LogP contribution >= 0.6 is 0 Å². The van der Waals surface area contributed by atoms with Crippen LogP contribution < -0.4 is 10.9 Å². The normalized spacial score (nSPS) is 12.4. The molecule has 2 heterocycles. The number of nitrogens with zero attached hydrogens (tertiary/aromatic N) is 3. The third-order valence-corrected chi connectivity index (χ3v) is 4.04. The summed E-state index contributed by atoms with van der Waals surface area (Å²) in [5, 5.41) is 8.22. The van der Waals surface area contributed by atoms with Gasteiger partial charge in [0.05, 0.1) is 23.9 Å². The second-order valence-electron chi connectivity index (χ2n) is 5.99. The first kappa shape index (κ1) is 16.9.